The van der Waals surface area contributed by atoms with E-state index in [-0.39, 0.29) is 11.9 Å². The van der Waals surface area contributed by atoms with Gasteiger partial charge in [-0.1, -0.05) is 24.3 Å². The number of rotatable bonds is 2. The predicted octanol–water partition coefficient (Wildman–Crippen LogP) is 2.27. The molecule has 1 atom stereocenters. The van der Waals surface area contributed by atoms with E-state index in [1.807, 2.05) is 36.4 Å². The number of nitrogens with one attached hydrogen (secondary N) is 1. The maximum absolute atomic E-state index is 13.7. The highest BCUT2D eigenvalue weighted by atomic mass is 32.1. The zero-order valence-corrected chi connectivity index (χ0v) is 16.1. The lowest BCUT2D eigenvalue weighted by Gasteiger charge is -2.29. The molecule has 1 spiro atoms. The van der Waals surface area contributed by atoms with Crippen molar-refractivity contribution in [1.82, 2.24) is 15.2 Å². The molecule has 1 aromatic carbocycles. The third-order valence-electron chi connectivity index (χ3n) is 6.29. The Bertz CT molecular complexity index is 1060. The molecule has 1 N–H and O–H groups in total. The Morgan fingerprint density at radius 3 is 2.86 bits per heavy atom. The summed E-state index contributed by atoms with van der Waals surface area (Å²) in [6.45, 7) is 1.82. The second-order valence-electron chi connectivity index (χ2n) is 7.96. The number of benzene rings is 1. The molecule has 1 aromatic heterocycles. The van der Waals surface area contributed by atoms with Crippen LogP contribution in [-0.2, 0) is 19.7 Å². The van der Waals surface area contributed by atoms with E-state index in [2.05, 4.69) is 5.32 Å². The molecule has 7 heteroatoms. The normalized spacial score (nSPS) is 27.6. The summed E-state index contributed by atoms with van der Waals surface area (Å²) in [5.41, 5.74) is 0.993. The van der Waals surface area contributed by atoms with Gasteiger partial charge in [-0.2, -0.15) is 0 Å². The molecule has 1 saturated heterocycles. The van der Waals surface area contributed by atoms with Crippen molar-refractivity contribution in [3.63, 3.8) is 0 Å². The number of para-hydroxylation sites is 1. The molecule has 6 nitrogen and oxygen atoms in total. The van der Waals surface area contributed by atoms with E-state index in [9.17, 15) is 9.59 Å². The van der Waals surface area contributed by atoms with Crippen molar-refractivity contribution in [2.24, 2.45) is 0 Å². The number of amides is 1. The van der Waals surface area contributed by atoms with Crippen molar-refractivity contribution < 1.29 is 14.3 Å². The third kappa shape index (κ3) is 2.08. The van der Waals surface area contributed by atoms with Gasteiger partial charge in [0.1, 0.15) is 16.1 Å². The van der Waals surface area contributed by atoms with E-state index in [1.165, 1.54) is 0 Å². The van der Waals surface area contributed by atoms with Crippen LogP contribution in [0.4, 0.5) is 0 Å². The van der Waals surface area contributed by atoms with E-state index in [1.54, 1.807) is 16.2 Å². The Morgan fingerprint density at radius 2 is 2.11 bits per heavy atom. The highest BCUT2D eigenvalue weighted by Gasteiger charge is 2.59. The summed E-state index contributed by atoms with van der Waals surface area (Å²) in [6.07, 6.45) is 6.22. The summed E-state index contributed by atoms with van der Waals surface area (Å²) in [4.78, 5) is 32.8. The van der Waals surface area contributed by atoms with E-state index in [0.717, 1.165) is 46.6 Å². The zero-order chi connectivity index (χ0) is 18.9. The number of carbonyl (C=O) groups excluding carboxylic acids is 2. The van der Waals surface area contributed by atoms with E-state index in [4.69, 9.17) is 9.72 Å². The number of carbonyl (C=O) groups is 2. The predicted molar refractivity (Wildman–Crippen MR) is 105 cm³/mol. The fraction of sp³-hybridized carbons (Fsp3) is 0.381. The highest BCUT2D eigenvalue weighted by molar-refractivity contribution is 7.18. The van der Waals surface area contributed by atoms with Gasteiger partial charge in [-0.25, -0.2) is 9.78 Å². The maximum Gasteiger partial charge on any atom is 0.356 e. The first-order valence-corrected chi connectivity index (χ1v) is 10.5. The fourth-order valence-corrected chi connectivity index (χ4v) is 5.81. The van der Waals surface area contributed by atoms with E-state index >= 15 is 0 Å². The smallest absolute Gasteiger partial charge is 0.356 e. The van der Waals surface area contributed by atoms with Gasteiger partial charge in [0.25, 0.3) is 0 Å². The van der Waals surface area contributed by atoms with Crippen LogP contribution in [0.3, 0.4) is 0 Å². The molecule has 4 heterocycles. The van der Waals surface area contributed by atoms with Crippen molar-refractivity contribution in [3.8, 4) is 0 Å². The summed E-state index contributed by atoms with van der Waals surface area (Å²) in [5, 5.41) is 4.14. The highest BCUT2D eigenvalue weighted by Crippen LogP contribution is 2.53. The van der Waals surface area contributed by atoms with Gasteiger partial charge in [0.15, 0.2) is 5.60 Å². The molecule has 28 heavy (non-hydrogen) atoms. The second kappa shape index (κ2) is 5.52. The number of hydrogen-bond acceptors (Lipinski definition) is 6. The first-order chi connectivity index (χ1) is 13.6. The van der Waals surface area contributed by atoms with Crippen LogP contribution in [0, 0.1) is 0 Å². The van der Waals surface area contributed by atoms with Crippen LogP contribution in [0.1, 0.15) is 24.3 Å². The number of hydrogen-bond donors (Lipinski definition) is 1. The molecule has 4 aliphatic rings. The quantitative estimate of drug-likeness (QED) is 0.793. The van der Waals surface area contributed by atoms with Crippen LogP contribution in [0.15, 0.2) is 47.7 Å². The van der Waals surface area contributed by atoms with Crippen LogP contribution < -0.4 is 5.32 Å². The lowest BCUT2D eigenvalue weighted by molar-refractivity contribution is -0.149. The molecule has 6 rings (SSSR count). The summed E-state index contributed by atoms with van der Waals surface area (Å²) in [7, 11) is 0. The zero-order valence-electron chi connectivity index (χ0n) is 15.2. The van der Waals surface area contributed by atoms with Crippen LogP contribution in [0.25, 0.3) is 10.2 Å². The summed E-state index contributed by atoms with van der Waals surface area (Å²) in [6, 6.07) is 7.96. The Morgan fingerprint density at radius 1 is 1.25 bits per heavy atom. The van der Waals surface area contributed by atoms with E-state index in [0.29, 0.717) is 18.8 Å². The van der Waals surface area contributed by atoms with Gasteiger partial charge in [-0.3, -0.25) is 4.79 Å². The first kappa shape index (κ1) is 16.4. The number of ether oxygens (including phenoxy) is 1. The largest absolute Gasteiger partial charge is 0.448 e. The van der Waals surface area contributed by atoms with Crippen LogP contribution >= 0.6 is 11.3 Å². The third-order valence-corrected chi connectivity index (χ3v) is 7.53. The number of fused-ring (bicyclic) bond motifs is 2. The number of esters is 1. The summed E-state index contributed by atoms with van der Waals surface area (Å²) >= 11 is 1.59. The van der Waals surface area contributed by atoms with Gasteiger partial charge in [0.2, 0.25) is 5.91 Å². The number of nitrogens with zero attached hydrogens (tertiary/aromatic N) is 2. The second-order valence-corrected chi connectivity index (χ2v) is 8.99. The lowest BCUT2D eigenvalue weighted by atomic mass is 9.90. The molecule has 1 aliphatic carbocycles. The standard InChI is InChI=1S/C21H19N3O3S/c25-17-16-13(21(27-17)9-10-22-12-21)4-3-11-24(16)19(26)20(7-8-20)18-23-14-5-1-2-6-15(14)28-18/h1-6,22H,7-12H2. The molecular weight excluding hydrogens is 374 g/mol. The molecule has 1 unspecified atom stereocenters. The molecule has 0 radical (unpaired) electrons. The van der Waals surface area contributed by atoms with Crippen molar-refractivity contribution in [1.29, 1.82) is 0 Å². The van der Waals surface area contributed by atoms with Crippen molar-refractivity contribution in [2.75, 3.05) is 19.6 Å². The topological polar surface area (TPSA) is 71.5 Å². The average molecular weight is 393 g/mol. The Hall–Kier alpha value is -2.51. The maximum atomic E-state index is 13.7. The Kier molecular flexibility index (Phi) is 3.24. The minimum absolute atomic E-state index is 0.0247. The van der Waals surface area contributed by atoms with Crippen LogP contribution in [0.5, 0.6) is 0 Å². The van der Waals surface area contributed by atoms with Gasteiger partial charge in [-0.15, -0.1) is 11.3 Å². The Labute approximate surface area is 165 Å². The number of aromatic nitrogens is 1. The van der Waals surface area contributed by atoms with E-state index < -0.39 is 11.0 Å². The summed E-state index contributed by atoms with van der Waals surface area (Å²) in [5.74, 6) is -0.403. The van der Waals surface area contributed by atoms with Gasteiger partial charge >= 0.3 is 5.97 Å². The van der Waals surface area contributed by atoms with Gasteiger partial charge in [0, 0.05) is 25.1 Å². The van der Waals surface area contributed by atoms with Gasteiger partial charge in [0.05, 0.1) is 10.2 Å². The van der Waals surface area contributed by atoms with Crippen LogP contribution in [-0.4, -0.2) is 47.0 Å². The molecule has 1 amide bonds. The first-order valence-electron chi connectivity index (χ1n) is 9.66. The lowest BCUT2D eigenvalue weighted by Crippen LogP contribution is -2.42. The van der Waals surface area contributed by atoms with Crippen molar-refractivity contribution in [3.05, 3.63) is 52.7 Å². The Balaban J connectivity index is 1.40. The summed E-state index contributed by atoms with van der Waals surface area (Å²) < 4.78 is 6.88. The molecule has 2 aromatic rings. The van der Waals surface area contributed by atoms with Gasteiger partial charge in [-0.05, 0) is 31.5 Å². The number of thiazole rings is 1. The monoisotopic (exact) mass is 393 g/mol. The van der Waals surface area contributed by atoms with Crippen molar-refractivity contribution >= 4 is 33.4 Å². The molecular formula is C21H19N3O3S. The minimum atomic E-state index is -0.617. The molecule has 3 aliphatic heterocycles. The fourth-order valence-electron chi connectivity index (χ4n) is 4.61. The van der Waals surface area contributed by atoms with Crippen molar-refractivity contribution in [2.45, 2.75) is 30.3 Å². The van der Waals surface area contributed by atoms with Crippen LogP contribution in [0.2, 0.25) is 0 Å². The molecule has 142 valence electrons. The van der Waals surface area contributed by atoms with Gasteiger partial charge < -0.3 is 15.0 Å². The molecule has 2 fully saturated rings. The molecule has 1 saturated carbocycles. The molecule has 0 bridgehead atoms. The average Bonchev–Trinajstić information content (AvgIpc) is 3.08. The SMILES string of the molecule is O=C1OC2(CCNC2)C2=C1N(C(=O)C1(c3nc4ccccc4s3)CC1)CC=C2. The minimum Gasteiger partial charge on any atom is -0.448 e.